The average molecular weight is 398 g/mol. The Bertz CT molecular complexity index is 938. The standard InChI is InChI=1S/C23H27NO3S/c1-16(22-14-18-9-12-20(22)13-18)24-23(25)19-10-7-17(8-11-19)15-28(26,27)21-5-3-2-4-6-21/h2-8,10-11,16,18,20,22H,9,12-15H2,1H3,(H,24,25). The van der Waals surface area contributed by atoms with Gasteiger partial charge in [-0.15, -0.1) is 0 Å². The summed E-state index contributed by atoms with van der Waals surface area (Å²) in [6.07, 6.45) is 5.23. The second kappa shape index (κ2) is 7.70. The molecular weight excluding hydrogens is 370 g/mol. The summed E-state index contributed by atoms with van der Waals surface area (Å²) in [5.74, 6) is 2.08. The topological polar surface area (TPSA) is 63.2 Å². The molecule has 0 saturated heterocycles. The van der Waals surface area contributed by atoms with Gasteiger partial charge >= 0.3 is 0 Å². The zero-order valence-electron chi connectivity index (χ0n) is 16.2. The van der Waals surface area contributed by atoms with Crippen LogP contribution in [0, 0.1) is 17.8 Å². The average Bonchev–Trinajstić information content (AvgIpc) is 3.32. The third kappa shape index (κ3) is 4.00. The van der Waals surface area contributed by atoms with Gasteiger partial charge in [0.15, 0.2) is 9.84 Å². The molecule has 1 N–H and O–H groups in total. The third-order valence-electron chi connectivity index (χ3n) is 6.47. The maximum Gasteiger partial charge on any atom is 0.251 e. The molecule has 2 fully saturated rings. The minimum absolute atomic E-state index is 0.0690. The van der Waals surface area contributed by atoms with E-state index in [1.54, 1.807) is 54.6 Å². The Labute approximate surface area is 167 Å². The molecule has 5 heteroatoms. The van der Waals surface area contributed by atoms with Crippen LogP contribution in [0.15, 0.2) is 59.5 Å². The number of amides is 1. The van der Waals surface area contributed by atoms with Crippen LogP contribution in [0.4, 0.5) is 0 Å². The van der Waals surface area contributed by atoms with Gasteiger partial charge in [0.1, 0.15) is 0 Å². The first-order valence-corrected chi connectivity index (χ1v) is 11.8. The van der Waals surface area contributed by atoms with Crippen LogP contribution in [0.3, 0.4) is 0 Å². The lowest BCUT2D eigenvalue weighted by molar-refractivity contribution is 0.0915. The van der Waals surface area contributed by atoms with E-state index in [2.05, 4.69) is 12.2 Å². The number of fused-ring (bicyclic) bond motifs is 2. The van der Waals surface area contributed by atoms with E-state index in [-0.39, 0.29) is 17.7 Å². The molecule has 4 nitrogen and oxygen atoms in total. The molecule has 2 saturated carbocycles. The molecule has 4 unspecified atom stereocenters. The van der Waals surface area contributed by atoms with Crippen molar-refractivity contribution in [1.82, 2.24) is 5.32 Å². The summed E-state index contributed by atoms with van der Waals surface area (Å²) in [5.41, 5.74) is 1.26. The van der Waals surface area contributed by atoms with E-state index in [1.807, 2.05) is 0 Å². The monoisotopic (exact) mass is 397 g/mol. The number of rotatable bonds is 6. The van der Waals surface area contributed by atoms with Gasteiger partial charge in [-0.05, 0) is 73.8 Å². The smallest absolute Gasteiger partial charge is 0.251 e. The molecule has 0 heterocycles. The third-order valence-corrected chi connectivity index (χ3v) is 8.17. The van der Waals surface area contributed by atoms with Crippen molar-refractivity contribution in [3.8, 4) is 0 Å². The normalized spacial score (nSPS) is 24.8. The van der Waals surface area contributed by atoms with Gasteiger partial charge in [-0.2, -0.15) is 0 Å². The van der Waals surface area contributed by atoms with Crippen molar-refractivity contribution in [1.29, 1.82) is 0 Å². The number of hydrogen-bond acceptors (Lipinski definition) is 3. The molecule has 0 aromatic heterocycles. The molecule has 1 amide bonds. The van der Waals surface area contributed by atoms with Crippen molar-refractivity contribution < 1.29 is 13.2 Å². The molecular formula is C23H27NO3S. The second-order valence-corrected chi connectivity index (χ2v) is 10.4. The molecule has 2 aromatic carbocycles. The summed E-state index contributed by atoms with van der Waals surface area (Å²) in [6.45, 7) is 2.12. The van der Waals surface area contributed by atoms with Gasteiger partial charge in [-0.3, -0.25) is 4.79 Å². The van der Waals surface area contributed by atoms with Crippen molar-refractivity contribution in [2.24, 2.45) is 17.8 Å². The predicted octanol–water partition coefficient (Wildman–Crippen LogP) is 4.22. The van der Waals surface area contributed by atoms with E-state index in [0.717, 1.165) is 11.8 Å². The highest BCUT2D eigenvalue weighted by molar-refractivity contribution is 7.90. The van der Waals surface area contributed by atoms with Crippen LogP contribution < -0.4 is 5.32 Å². The maximum absolute atomic E-state index is 12.6. The fraction of sp³-hybridized carbons (Fsp3) is 0.435. The van der Waals surface area contributed by atoms with Gasteiger partial charge in [0.2, 0.25) is 0 Å². The summed E-state index contributed by atoms with van der Waals surface area (Å²) >= 11 is 0. The minimum Gasteiger partial charge on any atom is -0.349 e. The van der Waals surface area contributed by atoms with Gasteiger partial charge in [0.25, 0.3) is 5.91 Å². The first-order valence-electron chi connectivity index (χ1n) is 10.1. The minimum atomic E-state index is -3.38. The van der Waals surface area contributed by atoms with Crippen molar-refractivity contribution in [2.45, 2.75) is 49.3 Å². The Balaban J connectivity index is 1.38. The SMILES string of the molecule is CC(NC(=O)c1ccc(CS(=O)(=O)c2ccccc2)cc1)C1CC2CCC1C2. The molecule has 2 aliphatic rings. The Morgan fingerprint density at radius 1 is 1.04 bits per heavy atom. The van der Waals surface area contributed by atoms with Crippen molar-refractivity contribution >= 4 is 15.7 Å². The van der Waals surface area contributed by atoms with Crippen LogP contribution in [-0.2, 0) is 15.6 Å². The van der Waals surface area contributed by atoms with Crippen LogP contribution in [-0.4, -0.2) is 20.4 Å². The summed E-state index contributed by atoms with van der Waals surface area (Å²) in [4.78, 5) is 12.9. The number of benzene rings is 2. The van der Waals surface area contributed by atoms with E-state index >= 15 is 0 Å². The van der Waals surface area contributed by atoms with Crippen molar-refractivity contribution in [3.05, 3.63) is 65.7 Å². The second-order valence-electron chi connectivity index (χ2n) is 8.37. The molecule has 148 valence electrons. The molecule has 2 aliphatic carbocycles. The fourth-order valence-corrected chi connectivity index (χ4v) is 6.36. The summed E-state index contributed by atoms with van der Waals surface area (Å²) in [7, 11) is -3.38. The highest BCUT2D eigenvalue weighted by atomic mass is 32.2. The quantitative estimate of drug-likeness (QED) is 0.794. The number of hydrogen-bond donors (Lipinski definition) is 1. The van der Waals surface area contributed by atoms with E-state index in [0.29, 0.717) is 21.9 Å². The van der Waals surface area contributed by atoms with E-state index in [1.165, 1.54) is 25.7 Å². The number of carbonyl (C=O) groups is 1. The molecule has 0 radical (unpaired) electrons. The first kappa shape index (κ1) is 19.2. The zero-order valence-corrected chi connectivity index (χ0v) is 17.0. The van der Waals surface area contributed by atoms with Crippen LogP contribution in [0.25, 0.3) is 0 Å². The lowest BCUT2D eigenvalue weighted by Gasteiger charge is -2.28. The van der Waals surface area contributed by atoms with Gasteiger partial charge in [0, 0.05) is 11.6 Å². The van der Waals surface area contributed by atoms with Gasteiger partial charge in [-0.25, -0.2) is 8.42 Å². The summed E-state index contributed by atoms with van der Waals surface area (Å²) < 4.78 is 25.0. The molecule has 4 atom stereocenters. The van der Waals surface area contributed by atoms with Crippen LogP contribution in [0.2, 0.25) is 0 Å². The summed E-state index contributed by atoms with van der Waals surface area (Å²) in [6, 6.07) is 15.5. The Morgan fingerprint density at radius 2 is 1.75 bits per heavy atom. The number of nitrogens with one attached hydrogen (secondary N) is 1. The van der Waals surface area contributed by atoms with Crippen LogP contribution >= 0.6 is 0 Å². The maximum atomic E-state index is 12.6. The van der Waals surface area contributed by atoms with E-state index in [4.69, 9.17) is 0 Å². The van der Waals surface area contributed by atoms with Crippen LogP contribution in [0.5, 0.6) is 0 Å². The lowest BCUT2D eigenvalue weighted by atomic mass is 9.84. The molecule has 2 bridgehead atoms. The highest BCUT2D eigenvalue weighted by Gasteiger charge is 2.42. The Morgan fingerprint density at radius 3 is 2.36 bits per heavy atom. The lowest BCUT2D eigenvalue weighted by Crippen LogP contribution is -2.40. The number of sulfone groups is 1. The number of carbonyl (C=O) groups excluding carboxylic acids is 1. The fourth-order valence-electron chi connectivity index (χ4n) is 4.99. The van der Waals surface area contributed by atoms with E-state index < -0.39 is 9.84 Å². The van der Waals surface area contributed by atoms with Crippen molar-refractivity contribution in [2.75, 3.05) is 0 Å². The predicted molar refractivity (Wildman–Crippen MR) is 110 cm³/mol. The van der Waals surface area contributed by atoms with Crippen LogP contribution in [0.1, 0.15) is 48.5 Å². The van der Waals surface area contributed by atoms with Gasteiger partial charge < -0.3 is 5.32 Å². The zero-order chi connectivity index (χ0) is 19.7. The van der Waals surface area contributed by atoms with Gasteiger partial charge in [-0.1, -0.05) is 36.8 Å². The van der Waals surface area contributed by atoms with E-state index in [9.17, 15) is 13.2 Å². The Kier molecular flexibility index (Phi) is 5.28. The molecule has 0 spiro atoms. The summed E-state index contributed by atoms with van der Waals surface area (Å²) in [5, 5.41) is 3.16. The molecule has 4 rings (SSSR count). The molecule has 28 heavy (non-hydrogen) atoms. The largest absolute Gasteiger partial charge is 0.349 e. The van der Waals surface area contributed by atoms with Gasteiger partial charge in [0.05, 0.1) is 10.6 Å². The molecule has 2 aromatic rings. The molecule has 0 aliphatic heterocycles. The van der Waals surface area contributed by atoms with Crippen molar-refractivity contribution in [3.63, 3.8) is 0 Å². The first-order chi connectivity index (χ1) is 13.4. The highest BCUT2D eigenvalue weighted by Crippen LogP contribution is 2.49. The Hall–Kier alpha value is -2.14.